The summed E-state index contributed by atoms with van der Waals surface area (Å²) in [4.78, 5) is 15.4. The Balaban J connectivity index is 2.01. The lowest BCUT2D eigenvalue weighted by molar-refractivity contribution is -0.154. The first-order valence-electron chi connectivity index (χ1n) is 6.16. The number of carbonyl (C=O) groups is 1. The lowest BCUT2D eigenvalue weighted by Crippen LogP contribution is -2.19. The number of hydrogen-bond donors (Lipinski definition) is 1. The monoisotopic (exact) mass is 332 g/mol. The van der Waals surface area contributed by atoms with Crippen molar-refractivity contribution in [2.45, 2.75) is 6.18 Å². The Morgan fingerprint density at radius 3 is 2.48 bits per heavy atom. The van der Waals surface area contributed by atoms with E-state index in [1.54, 1.807) is 0 Å². The number of hydrogen-bond acceptors (Lipinski definition) is 3. The first-order chi connectivity index (χ1) is 10.7. The Labute approximate surface area is 126 Å². The molecule has 0 saturated carbocycles. The van der Waals surface area contributed by atoms with Crippen LogP contribution >= 0.6 is 0 Å². The molecule has 1 aromatic carbocycles. The van der Waals surface area contributed by atoms with Crippen LogP contribution in [0.1, 0.15) is 10.4 Å². The number of amides is 1. The number of anilines is 1. The van der Waals surface area contributed by atoms with Crippen molar-refractivity contribution in [1.82, 2.24) is 4.98 Å². The van der Waals surface area contributed by atoms with E-state index in [9.17, 15) is 26.7 Å². The number of nitrogens with one attached hydrogen (secondary N) is 1. The molecule has 122 valence electrons. The third-order valence-electron chi connectivity index (χ3n) is 2.55. The highest BCUT2D eigenvalue weighted by Crippen LogP contribution is 2.18. The van der Waals surface area contributed by atoms with Crippen LogP contribution in [-0.2, 0) is 0 Å². The second-order valence-corrected chi connectivity index (χ2v) is 4.37. The molecule has 1 heterocycles. The van der Waals surface area contributed by atoms with E-state index in [-0.39, 0.29) is 17.1 Å². The number of benzene rings is 1. The molecule has 9 heteroatoms. The quantitative estimate of drug-likeness (QED) is 0.871. The fourth-order valence-electron chi connectivity index (χ4n) is 1.57. The van der Waals surface area contributed by atoms with Gasteiger partial charge in [-0.15, -0.1) is 0 Å². The minimum Gasteiger partial charge on any atom is -0.468 e. The van der Waals surface area contributed by atoms with Gasteiger partial charge in [0.15, 0.2) is 6.61 Å². The second-order valence-electron chi connectivity index (χ2n) is 4.37. The van der Waals surface area contributed by atoms with Gasteiger partial charge >= 0.3 is 6.18 Å². The van der Waals surface area contributed by atoms with Crippen LogP contribution in [-0.4, -0.2) is 23.7 Å². The highest BCUT2D eigenvalue weighted by Gasteiger charge is 2.28. The molecular formula is C14H9F5N2O2. The Bertz CT molecular complexity index is 701. The third kappa shape index (κ3) is 4.90. The Hall–Kier alpha value is -2.71. The topological polar surface area (TPSA) is 51.2 Å². The van der Waals surface area contributed by atoms with Crippen molar-refractivity contribution in [1.29, 1.82) is 0 Å². The van der Waals surface area contributed by atoms with Crippen molar-refractivity contribution in [2.75, 3.05) is 11.9 Å². The molecule has 0 bridgehead atoms. The van der Waals surface area contributed by atoms with Gasteiger partial charge in [-0.05, 0) is 18.2 Å². The Kier molecular flexibility index (Phi) is 4.77. The largest absolute Gasteiger partial charge is 0.468 e. The van der Waals surface area contributed by atoms with Crippen molar-refractivity contribution in [3.05, 3.63) is 53.7 Å². The zero-order chi connectivity index (χ0) is 17.0. The SMILES string of the molecule is O=C(Nc1ccc(OCC(F)(F)F)nc1)c1ccc(F)cc1F. The van der Waals surface area contributed by atoms with Crippen LogP contribution in [0.2, 0.25) is 0 Å². The number of rotatable bonds is 4. The number of aromatic nitrogens is 1. The lowest BCUT2D eigenvalue weighted by Gasteiger charge is -2.09. The van der Waals surface area contributed by atoms with E-state index in [2.05, 4.69) is 15.0 Å². The van der Waals surface area contributed by atoms with E-state index in [1.807, 2.05) is 0 Å². The third-order valence-corrected chi connectivity index (χ3v) is 2.55. The zero-order valence-electron chi connectivity index (χ0n) is 11.3. The molecule has 1 aromatic heterocycles. The van der Waals surface area contributed by atoms with Gasteiger partial charge in [0.2, 0.25) is 5.88 Å². The number of ether oxygens (including phenoxy) is 1. The molecular weight excluding hydrogens is 323 g/mol. The molecule has 0 unspecified atom stereocenters. The highest BCUT2D eigenvalue weighted by molar-refractivity contribution is 6.04. The lowest BCUT2D eigenvalue weighted by atomic mass is 10.2. The molecule has 2 rings (SSSR count). The molecule has 0 fully saturated rings. The average Bonchev–Trinajstić information content (AvgIpc) is 2.45. The fraction of sp³-hybridized carbons (Fsp3) is 0.143. The standard InChI is InChI=1S/C14H9F5N2O2/c15-8-1-3-10(11(16)5-8)13(22)21-9-2-4-12(20-6-9)23-7-14(17,18)19/h1-6H,7H2,(H,21,22). The normalized spacial score (nSPS) is 11.2. The summed E-state index contributed by atoms with van der Waals surface area (Å²) in [6.07, 6.45) is -3.44. The highest BCUT2D eigenvalue weighted by atomic mass is 19.4. The summed E-state index contributed by atoms with van der Waals surface area (Å²) in [5.74, 6) is -3.01. The molecule has 0 aliphatic rings. The van der Waals surface area contributed by atoms with Crippen molar-refractivity contribution in [3.63, 3.8) is 0 Å². The van der Waals surface area contributed by atoms with Crippen molar-refractivity contribution >= 4 is 11.6 Å². The Morgan fingerprint density at radius 1 is 1.17 bits per heavy atom. The summed E-state index contributed by atoms with van der Waals surface area (Å²) in [5, 5.41) is 2.28. The van der Waals surface area contributed by atoms with Gasteiger partial charge in [0.1, 0.15) is 11.6 Å². The summed E-state index contributed by atoms with van der Waals surface area (Å²) in [5.41, 5.74) is -0.276. The van der Waals surface area contributed by atoms with Crippen molar-refractivity contribution in [2.24, 2.45) is 0 Å². The number of nitrogens with zero attached hydrogens (tertiary/aromatic N) is 1. The van der Waals surface area contributed by atoms with Gasteiger partial charge in [-0.1, -0.05) is 0 Å². The van der Waals surface area contributed by atoms with E-state index in [4.69, 9.17) is 0 Å². The van der Waals surface area contributed by atoms with E-state index in [0.29, 0.717) is 6.07 Å². The molecule has 0 aliphatic heterocycles. The maximum absolute atomic E-state index is 13.4. The summed E-state index contributed by atoms with van der Waals surface area (Å²) >= 11 is 0. The van der Waals surface area contributed by atoms with Crippen molar-refractivity contribution < 1.29 is 31.5 Å². The van der Waals surface area contributed by atoms with E-state index in [1.165, 1.54) is 6.07 Å². The molecule has 0 spiro atoms. The molecule has 1 N–H and O–H groups in total. The van der Waals surface area contributed by atoms with Crippen LogP contribution in [0.5, 0.6) is 5.88 Å². The molecule has 0 atom stereocenters. The fourth-order valence-corrected chi connectivity index (χ4v) is 1.57. The molecule has 4 nitrogen and oxygen atoms in total. The molecule has 0 aliphatic carbocycles. The number of halogens is 5. The molecule has 2 aromatic rings. The second kappa shape index (κ2) is 6.59. The van der Waals surface area contributed by atoms with Crippen LogP contribution < -0.4 is 10.1 Å². The van der Waals surface area contributed by atoms with Gasteiger partial charge in [-0.2, -0.15) is 13.2 Å². The van der Waals surface area contributed by atoms with Gasteiger partial charge in [-0.3, -0.25) is 4.79 Å². The summed E-state index contributed by atoms with van der Waals surface area (Å²) < 4.78 is 66.5. The van der Waals surface area contributed by atoms with Gasteiger partial charge in [0, 0.05) is 12.1 Å². The maximum atomic E-state index is 13.4. The molecule has 0 saturated heterocycles. The Morgan fingerprint density at radius 2 is 1.91 bits per heavy atom. The van der Waals surface area contributed by atoms with Gasteiger partial charge < -0.3 is 10.1 Å². The predicted octanol–water partition coefficient (Wildman–Crippen LogP) is 3.55. The number of alkyl halides is 3. The maximum Gasteiger partial charge on any atom is 0.422 e. The first kappa shape index (κ1) is 16.7. The van der Waals surface area contributed by atoms with Crippen LogP contribution in [0.15, 0.2) is 36.5 Å². The minimum absolute atomic E-state index is 0.109. The van der Waals surface area contributed by atoms with Crippen LogP contribution in [0.25, 0.3) is 0 Å². The van der Waals surface area contributed by atoms with E-state index in [0.717, 1.165) is 24.4 Å². The van der Waals surface area contributed by atoms with Crippen LogP contribution in [0, 0.1) is 11.6 Å². The van der Waals surface area contributed by atoms with Crippen LogP contribution in [0.4, 0.5) is 27.6 Å². The predicted molar refractivity (Wildman–Crippen MR) is 70.1 cm³/mol. The molecule has 23 heavy (non-hydrogen) atoms. The molecule has 0 radical (unpaired) electrons. The minimum atomic E-state index is -4.49. The van der Waals surface area contributed by atoms with Gasteiger partial charge in [0.05, 0.1) is 17.4 Å². The van der Waals surface area contributed by atoms with E-state index < -0.39 is 30.3 Å². The van der Waals surface area contributed by atoms with E-state index >= 15 is 0 Å². The van der Waals surface area contributed by atoms with Crippen molar-refractivity contribution in [3.8, 4) is 5.88 Å². The smallest absolute Gasteiger partial charge is 0.422 e. The summed E-state index contributed by atoms with van der Waals surface area (Å²) in [7, 11) is 0. The van der Waals surface area contributed by atoms with Gasteiger partial charge in [-0.25, -0.2) is 13.8 Å². The average molecular weight is 332 g/mol. The summed E-state index contributed by atoms with van der Waals surface area (Å²) in [6, 6.07) is 4.79. The zero-order valence-corrected chi connectivity index (χ0v) is 11.3. The van der Waals surface area contributed by atoms with Gasteiger partial charge in [0.25, 0.3) is 5.91 Å². The van der Waals surface area contributed by atoms with Crippen LogP contribution in [0.3, 0.4) is 0 Å². The first-order valence-corrected chi connectivity index (χ1v) is 6.16. The molecule has 1 amide bonds. The number of carbonyl (C=O) groups excluding carboxylic acids is 1. The number of pyridine rings is 1. The summed E-state index contributed by atoms with van der Waals surface area (Å²) in [6.45, 7) is -1.49.